The Bertz CT molecular complexity index is 1080. The quantitative estimate of drug-likeness (QED) is 0.391. The Balaban J connectivity index is 0.000000278. The highest BCUT2D eigenvalue weighted by atomic mass is 16.5. The summed E-state index contributed by atoms with van der Waals surface area (Å²) in [5.41, 5.74) is 8.81. The molecule has 7 nitrogen and oxygen atoms in total. The Morgan fingerprint density at radius 1 is 0.906 bits per heavy atom. The average Bonchev–Trinajstić information content (AvgIpc) is 2.80. The maximum absolute atomic E-state index is 11.4. The second kappa shape index (κ2) is 11.9. The molecule has 3 aromatic carbocycles. The highest BCUT2D eigenvalue weighted by Gasteiger charge is 2.13. The molecule has 1 amide bonds. The van der Waals surface area contributed by atoms with Crippen molar-refractivity contribution in [2.45, 2.75) is 19.8 Å². The lowest BCUT2D eigenvalue weighted by Gasteiger charge is -2.10. The van der Waals surface area contributed by atoms with Gasteiger partial charge in [0.1, 0.15) is 0 Å². The molecule has 3 rings (SSSR count). The Hall–Kier alpha value is -4.13. The van der Waals surface area contributed by atoms with Crippen LogP contribution in [0, 0.1) is 0 Å². The van der Waals surface area contributed by atoms with Gasteiger partial charge >= 0.3 is 11.9 Å². The van der Waals surface area contributed by atoms with Gasteiger partial charge in [0.15, 0.2) is 0 Å². The maximum Gasteiger partial charge on any atom is 0.339 e. The van der Waals surface area contributed by atoms with Crippen molar-refractivity contribution in [2.24, 2.45) is 0 Å². The number of ether oxygens (including phenoxy) is 1. The summed E-state index contributed by atoms with van der Waals surface area (Å²) >= 11 is 0. The van der Waals surface area contributed by atoms with E-state index >= 15 is 0 Å². The topological polar surface area (TPSA) is 119 Å². The van der Waals surface area contributed by atoms with Crippen LogP contribution in [0.1, 0.15) is 45.2 Å². The molecular formula is C25H26N2O5. The van der Waals surface area contributed by atoms with Crippen LogP contribution in [-0.2, 0) is 16.0 Å². The summed E-state index contributed by atoms with van der Waals surface area (Å²) in [5, 5.41) is 11.9. The predicted octanol–water partition coefficient (Wildman–Crippen LogP) is 4.38. The molecule has 0 aliphatic rings. The molecular weight excluding hydrogens is 408 g/mol. The molecule has 4 N–H and O–H groups in total. The van der Waals surface area contributed by atoms with E-state index in [0.29, 0.717) is 29.8 Å². The number of benzene rings is 3. The molecule has 3 aromatic rings. The number of hydrogen-bond donors (Lipinski definition) is 3. The first-order valence-electron chi connectivity index (χ1n) is 9.98. The molecule has 0 bridgehead atoms. The van der Waals surface area contributed by atoms with E-state index in [9.17, 15) is 19.5 Å². The number of esters is 1. The molecule has 0 fully saturated rings. The van der Waals surface area contributed by atoms with E-state index in [1.54, 1.807) is 43.3 Å². The normalized spacial score (nSPS) is 9.81. The molecule has 0 aromatic heterocycles. The lowest BCUT2D eigenvalue weighted by Crippen LogP contribution is -2.13. The maximum atomic E-state index is 11.4. The molecule has 0 heterocycles. The smallest absolute Gasteiger partial charge is 0.339 e. The number of aromatic carboxylic acids is 1. The van der Waals surface area contributed by atoms with Crippen molar-refractivity contribution in [3.8, 4) is 0 Å². The molecule has 0 aliphatic carbocycles. The van der Waals surface area contributed by atoms with Gasteiger partial charge in [-0.1, -0.05) is 55.5 Å². The number of nitrogens with two attached hydrogens (primary N) is 1. The summed E-state index contributed by atoms with van der Waals surface area (Å²) in [6.07, 6.45) is 0.966. The zero-order chi connectivity index (χ0) is 23.5. The largest absolute Gasteiger partial charge is 0.478 e. The molecule has 166 valence electrons. The van der Waals surface area contributed by atoms with E-state index in [0.717, 1.165) is 11.1 Å². The van der Waals surface area contributed by atoms with Crippen LogP contribution in [0.15, 0.2) is 72.8 Å². The van der Waals surface area contributed by atoms with Gasteiger partial charge in [0.2, 0.25) is 5.91 Å². The van der Waals surface area contributed by atoms with Gasteiger partial charge < -0.3 is 20.9 Å². The number of methoxy groups -OCH3 is 1. The number of anilines is 2. The molecule has 0 saturated heterocycles. The fraction of sp³-hybridized carbons (Fsp3) is 0.160. The summed E-state index contributed by atoms with van der Waals surface area (Å²) in [4.78, 5) is 33.7. The molecule has 32 heavy (non-hydrogen) atoms. The van der Waals surface area contributed by atoms with Crippen LogP contribution in [0.4, 0.5) is 11.4 Å². The number of nitrogens with one attached hydrogen (secondary N) is 1. The molecule has 0 spiro atoms. The lowest BCUT2D eigenvalue weighted by molar-refractivity contribution is -0.115. The van der Waals surface area contributed by atoms with Gasteiger partial charge in [0.25, 0.3) is 0 Å². The first kappa shape index (κ1) is 24.1. The van der Waals surface area contributed by atoms with Gasteiger partial charge in [-0.05, 0) is 41.8 Å². The van der Waals surface area contributed by atoms with Crippen LogP contribution in [0.25, 0.3) is 0 Å². The van der Waals surface area contributed by atoms with Crippen molar-refractivity contribution in [1.82, 2.24) is 0 Å². The van der Waals surface area contributed by atoms with Gasteiger partial charge in [0, 0.05) is 12.1 Å². The van der Waals surface area contributed by atoms with E-state index in [4.69, 9.17) is 5.73 Å². The molecule has 0 unspecified atom stereocenters. The van der Waals surface area contributed by atoms with Crippen molar-refractivity contribution in [2.75, 3.05) is 18.2 Å². The summed E-state index contributed by atoms with van der Waals surface area (Å²) in [5.74, 6) is -1.65. The number of nitrogen functional groups attached to an aromatic ring is 1. The number of carbonyl (C=O) groups is 3. The number of hydrogen-bond acceptors (Lipinski definition) is 5. The minimum atomic E-state index is -1.05. The van der Waals surface area contributed by atoms with E-state index in [1.807, 2.05) is 36.4 Å². The fourth-order valence-corrected chi connectivity index (χ4v) is 2.85. The van der Waals surface area contributed by atoms with Crippen molar-refractivity contribution in [3.63, 3.8) is 0 Å². The summed E-state index contributed by atoms with van der Waals surface area (Å²) in [6, 6.07) is 21.7. The number of amides is 1. The average molecular weight is 434 g/mol. The zero-order valence-electron chi connectivity index (χ0n) is 18.0. The molecule has 7 heteroatoms. The minimum absolute atomic E-state index is 0.116. The number of carboxylic acids is 1. The van der Waals surface area contributed by atoms with Crippen molar-refractivity contribution < 1.29 is 24.2 Å². The van der Waals surface area contributed by atoms with Crippen LogP contribution in [0.3, 0.4) is 0 Å². The second-order valence-corrected chi connectivity index (χ2v) is 6.83. The van der Waals surface area contributed by atoms with Crippen molar-refractivity contribution in [3.05, 3.63) is 95.1 Å². The predicted molar refractivity (Wildman–Crippen MR) is 124 cm³/mol. The third kappa shape index (κ3) is 6.98. The Kier molecular flexibility index (Phi) is 8.98. The third-order valence-electron chi connectivity index (χ3n) is 4.53. The summed E-state index contributed by atoms with van der Waals surface area (Å²) < 4.78 is 4.50. The SMILES string of the molecule is CCC(=O)Nc1ccc(Cc2ccccc2)cc1C(=O)O.COC(=O)c1ccccc1N. The highest BCUT2D eigenvalue weighted by Crippen LogP contribution is 2.20. The molecule has 0 atom stereocenters. The van der Waals surface area contributed by atoms with Gasteiger partial charge in [-0.2, -0.15) is 0 Å². The van der Waals surface area contributed by atoms with Crippen LogP contribution >= 0.6 is 0 Å². The minimum Gasteiger partial charge on any atom is -0.478 e. The lowest BCUT2D eigenvalue weighted by atomic mass is 10.0. The van der Waals surface area contributed by atoms with E-state index in [1.165, 1.54) is 7.11 Å². The Labute approximate surface area is 186 Å². The van der Waals surface area contributed by atoms with Gasteiger partial charge in [-0.25, -0.2) is 9.59 Å². The van der Waals surface area contributed by atoms with Gasteiger partial charge in [0.05, 0.1) is 23.9 Å². The van der Waals surface area contributed by atoms with Crippen LogP contribution in [-0.4, -0.2) is 30.1 Å². The highest BCUT2D eigenvalue weighted by molar-refractivity contribution is 6.00. The Morgan fingerprint density at radius 2 is 1.56 bits per heavy atom. The van der Waals surface area contributed by atoms with E-state index < -0.39 is 11.9 Å². The summed E-state index contributed by atoms with van der Waals surface area (Å²) in [7, 11) is 1.33. The molecule has 0 saturated carbocycles. The van der Waals surface area contributed by atoms with E-state index in [2.05, 4.69) is 10.1 Å². The second-order valence-electron chi connectivity index (χ2n) is 6.83. The zero-order valence-corrected chi connectivity index (χ0v) is 18.0. The van der Waals surface area contributed by atoms with Crippen molar-refractivity contribution >= 4 is 29.2 Å². The van der Waals surface area contributed by atoms with E-state index in [-0.39, 0.29) is 11.5 Å². The summed E-state index contributed by atoms with van der Waals surface area (Å²) in [6.45, 7) is 1.72. The number of carboxylic acid groups (broad SMARTS) is 1. The number of para-hydroxylation sites is 1. The first-order valence-corrected chi connectivity index (χ1v) is 9.98. The van der Waals surface area contributed by atoms with Gasteiger partial charge in [-0.3, -0.25) is 4.79 Å². The van der Waals surface area contributed by atoms with Crippen LogP contribution in [0.5, 0.6) is 0 Å². The first-order chi connectivity index (χ1) is 15.3. The third-order valence-corrected chi connectivity index (χ3v) is 4.53. The monoisotopic (exact) mass is 434 g/mol. The van der Waals surface area contributed by atoms with Crippen LogP contribution in [0.2, 0.25) is 0 Å². The fourth-order valence-electron chi connectivity index (χ4n) is 2.85. The molecule has 0 aliphatic heterocycles. The molecule has 0 radical (unpaired) electrons. The van der Waals surface area contributed by atoms with Gasteiger partial charge in [-0.15, -0.1) is 0 Å². The standard InChI is InChI=1S/C17H17NO3.C8H9NO2/c1-2-16(19)18-15-9-8-13(11-14(15)17(20)21)10-12-6-4-3-5-7-12;1-11-8(10)6-4-2-3-5-7(6)9/h3-9,11H,2,10H2,1H3,(H,18,19)(H,20,21);2-5H,9H2,1H3. The number of carbonyl (C=O) groups excluding carboxylic acids is 2. The van der Waals surface area contributed by atoms with Crippen LogP contribution < -0.4 is 11.1 Å². The number of rotatable bonds is 6. The van der Waals surface area contributed by atoms with Crippen molar-refractivity contribution in [1.29, 1.82) is 0 Å². The Morgan fingerprint density at radius 3 is 2.16 bits per heavy atom.